The first kappa shape index (κ1) is 9.24. The minimum atomic E-state index is 1.11. The maximum absolute atomic E-state index is 2.42. The van der Waals surface area contributed by atoms with E-state index in [4.69, 9.17) is 0 Å². The van der Waals surface area contributed by atoms with Crippen LogP contribution >= 0.6 is 0 Å². The van der Waals surface area contributed by atoms with Crippen molar-refractivity contribution in [3.05, 3.63) is 0 Å². The molecule has 0 radical (unpaired) electrons. The standard InChI is InChI=1S/C14H24/c1-3-9-7-10(4-2)14-12-6-5-11(8-12)13(9)14/h9-14H,3-8H2,1-2H3. The molecule has 2 bridgehead atoms. The lowest BCUT2D eigenvalue weighted by molar-refractivity contribution is 0.184. The molecule has 3 rings (SSSR count). The Bertz CT molecular complexity index is 198. The molecule has 0 heterocycles. The monoisotopic (exact) mass is 192 g/mol. The molecule has 3 saturated carbocycles. The molecular weight excluding hydrogens is 168 g/mol. The van der Waals surface area contributed by atoms with E-state index in [1.807, 2.05) is 0 Å². The van der Waals surface area contributed by atoms with Crippen LogP contribution in [0.2, 0.25) is 0 Å². The topological polar surface area (TPSA) is 0 Å². The van der Waals surface area contributed by atoms with Gasteiger partial charge in [-0.3, -0.25) is 0 Å². The van der Waals surface area contributed by atoms with E-state index in [0.717, 1.165) is 23.7 Å². The first-order valence-electron chi connectivity index (χ1n) is 6.85. The highest BCUT2D eigenvalue weighted by Crippen LogP contribution is 2.63. The molecule has 0 saturated heterocycles. The molecule has 0 aliphatic heterocycles. The van der Waals surface area contributed by atoms with E-state index in [9.17, 15) is 0 Å². The van der Waals surface area contributed by atoms with Gasteiger partial charge in [-0.05, 0) is 61.2 Å². The van der Waals surface area contributed by atoms with Crippen LogP contribution in [0.5, 0.6) is 0 Å². The van der Waals surface area contributed by atoms with Crippen LogP contribution in [0.25, 0.3) is 0 Å². The Hall–Kier alpha value is 0. The van der Waals surface area contributed by atoms with Crippen molar-refractivity contribution in [1.82, 2.24) is 0 Å². The molecular formula is C14H24. The van der Waals surface area contributed by atoms with Crippen molar-refractivity contribution in [2.24, 2.45) is 35.5 Å². The van der Waals surface area contributed by atoms with Gasteiger partial charge in [0.05, 0.1) is 0 Å². The van der Waals surface area contributed by atoms with Crippen LogP contribution in [0.15, 0.2) is 0 Å². The summed E-state index contributed by atoms with van der Waals surface area (Å²) in [7, 11) is 0. The van der Waals surface area contributed by atoms with Gasteiger partial charge in [-0.1, -0.05) is 26.7 Å². The fourth-order valence-electron chi connectivity index (χ4n) is 5.36. The summed E-state index contributed by atoms with van der Waals surface area (Å²) in [5.41, 5.74) is 0. The van der Waals surface area contributed by atoms with Crippen LogP contribution in [0, 0.1) is 35.5 Å². The van der Waals surface area contributed by atoms with Crippen molar-refractivity contribution < 1.29 is 0 Å². The summed E-state index contributed by atoms with van der Waals surface area (Å²) in [5, 5.41) is 0. The van der Waals surface area contributed by atoms with Gasteiger partial charge >= 0.3 is 0 Å². The van der Waals surface area contributed by atoms with Crippen LogP contribution < -0.4 is 0 Å². The highest BCUT2D eigenvalue weighted by atomic mass is 14.6. The molecule has 6 unspecified atom stereocenters. The van der Waals surface area contributed by atoms with E-state index < -0.39 is 0 Å². The zero-order chi connectivity index (χ0) is 9.71. The Balaban J connectivity index is 1.86. The lowest BCUT2D eigenvalue weighted by Gasteiger charge is -2.30. The first-order valence-corrected chi connectivity index (χ1v) is 6.85. The average molecular weight is 192 g/mol. The fourth-order valence-corrected chi connectivity index (χ4v) is 5.36. The molecule has 3 fully saturated rings. The predicted octanol–water partition coefficient (Wildman–Crippen LogP) is 4.10. The largest absolute Gasteiger partial charge is 0.0651 e. The second kappa shape index (κ2) is 3.25. The third-order valence-electron chi connectivity index (χ3n) is 5.79. The Morgan fingerprint density at radius 1 is 0.786 bits per heavy atom. The van der Waals surface area contributed by atoms with Gasteiger partial charge in [-0.2, -0.15) is 0 Å². The smallest absolute Gasteiger partial charge is 0.0324 e. The summed E-state index contributed by atoms with van der Waals surface area (Å²) in [6, 6.07) is 0. The molecule has 0 amide bonds. The Labute approximate surface area is 88.5 Å². The van der Waals surface area contributed by atoms with Crippen molar-refractivity contribution >= 4 is 0 Å². The SMILES string of the molecule is CCC1CC(CC)C2C3CCC(C3)C12. The van der Waals surface area contributed by atoms with Gasteiger partial charge in [-0.25, -0.2) is 0 Å². The Morgan fingerprint density at radius 2 is 1.29 bits per heavy atom. The number of fused-ring (bicyclic) bond motifs is 5. The highest BCUT2D eigenvalue weighted by Gasteiger charge is 2.55. The lowest BCUT2D eigenvalue weighted by atomic mass is 9.75. The van der Waals surface area contributed by atoms with Crippen LogP contribution in [0.3, 0.4) is 0 Å². The van der Waals surface area contributed by atoms with Crippen molar-refractivity contribution in [3.63, 3.8) is 0 Å². The van der Waals surface area contributed by atoms with E-state index >= 15 is 0 Å². The molecule has 6 atom stereocenters. The fraction of sp³-hybridized carbons (Fsp3) is 1.00. The van der Waals surface area contributed by atoms with E-state index in [0.29, 0.717) is 0 Å². The van der Waals surface area contributed by atoms with Crippen LogP contribution in [0.1, 0.15) is 52.4 Å². The molecule has 0 N–H and O–H groups in total. The minimum absolute atomic E-state index is 1.11. The Morgan fingerprint density at radius 3 is 1.71 bits per heavy atom. The van der Waals surface area contributed by atoms with E-state index in [2.05, 4.69) is 13.8 Å². The van der Waals surface area contributed by atoms with E-state index in [1.54, 1.807) is 25.7 Å². The number of hydrogen-bond donors (Lipinski definition) is 0. The molecule has 0 aromatic heterocycles. The van der Waals surface area contributed by atoms with Gasteiger partial charge in [0.2, 0.25) is 0 Å². The molecule has 0 spiro atoms. The molecule has 0 aromatic carbocycles. The number of hydrogen-bond acceptors (Lipinski definition) is 0. The molecule has 0 nitrogen and oxygen atoms in total. The van der Waals surface area contributed by atoms with Gasteiger partial charge in [0.25, 0.3) is 0 Å². The summed E-state index contributed by atoms with van der Waals surface area (Å²) in [6.07, 6.45) is 9.27. The van der Waals surface area contributed by atoms with Crippen molar-refractivity contribution in [2.45, 2.75) is 52.4 Å². The molecule has 3 aliphatic rings. The van der Waals surface area contributed by atoms with E-state index in [-0.39, 0.29) is 0 Å². The zero-order valence-corrected chi connectivity index (χ0v) is 9.71. The second-order valence-corrected chi connectivity index (χ2v) is 6.06. The normalized spacial score (nSPS) is 55.3. The summed E-state index contributed by atoms with van der Waals surface area (Å²) < 4.78 is 0. The molecule has 3 aliphatic carbocycles. The third-order valence-corrected chi connectivity index (χ3v) is 5.79. The summed E-state index contributed by atoms with van der Waals surface area (Å²) in [6.45, 7) is 4.84. The van der Waals surface area contributed by atoms with Gasteiger partial charge in [0, 0.05) is 0 Å². The zero-order valence-electron chi connectivity index (χ0n) is 9.71. The Kier molecular flexibility index (Phi) is 2.15. The summed E-state index contributed by atoms with van der Waals surface area (Å²) in [5.74, 6) is 6.88. The maximum atomic E-state index is 2.42. The van der Waals surface area contributed by atoms with Crippen LogP contribution in [0.4, 0.5) is 0 Å². The average Bonchev–Trinajstić information content (AvgIpc) is 2.88. The molecule has 80 valence electrons. The van der Waals surface area contributed by atoms with Crippen molar-refractivity contribution in [1.29, 1.82) is 0 Å². The molecule has 14 heavy (non-hydrogen) atoms. The van der Waals surface area contributed by atoms with Crippen molar-refractivity contribution in [3.8, 4) is 0 Å². The second-order valence-electron chi connectivity index (χ2n) is 6.06. The quantitative estimate of drug-likeness (QED) is 0.618. The summed E-state index contributed by atoms with van der Waals surface area (Å²) in [4.78, 5) is 0. The summed E-state index contributed by atoms with van der Waals surface area (Å²) >= 11 is 0. The molecule has 0 aromatic rings. The van der Waals surface area contributed by atoms with Crippen LogP contribution in [-0.2, 0) is 0 Å². The van der Waals surface area contributed by atoms with Gasteiger partial charge in [0.15, 0.2) is 0 Å². The third kappa shape index (κ3) is 1.06. The predicted molar refractivity (Wildman–Crippen MR) is 60.0 cm³/mol. The van der Waals surface area contributed by atoms with Gasteiger partial charge < -0.3 is 0 Å². The van der Waals surface area contributed by atoms with Gasteiger partial charge in [0.1, 0.15) is 0 Å². The molecule has 0 heteroatoms. The van der Waals surface area contributed by atoms with E-state index in [1.165, 1.54) is 24.7 Å². The first-order chi connectivity index (χ1) is 6.85. The van der Waals surface area contributed by atoms with Crippen molar-refractivity contribution in [2.75, 3.05) is 0 Å². The van der Waals surface area contributed by atoms with Gasteiger partial charge in [-0.15, -0.1) is 0 Å². The number of rotatable bonds is 2. The highest BCUT2D eigenvalue weighted by molar-refractivity contribution is 5.04. The van der Waals surface area contributed by atoms with Crippen LogP contribution in [-0.4, -0.2) is 0 Å². The maximum Gasteiger partial charge on any atom is -0.0324 e. The minimum Gasteiger partial charge on any atom is -0.0651 e. The lowest BCUT2D eigenvalue weighted by Crippen LogP contribution is -2.24.